The van der Waals surface area contributed by atoms with Crippen LogP contribution in [0, 0.1) is 17.8 Å². The van der Waals surface area contributed by atoms with Gasteiger partial charge in [0.05, 0.1) is 13.0 Å². The van der Waals surface area contributed by atoms with Gasteiger partial charge in [-0.2, -0.15) is 0 Å². The minimum atomic E-state index is -0.140. The van der Waals surface area contributed by atoms with Crippen molar-refractivity contribution in [1.82, 2.24) is 19.8 Å². The van der Waals surface area contributed by atoms with Gasteiger partial charge in [0.2, 0.25) is 0 Å². The Bertz CT molecular complexity index is 602. The fourth-order valence-corrected chi connectivity index (χ4v) is 3.22. The summed E-state index contributed by atoms with van der Waals surface area (Å²) in [5.41, 5.74) is 0. The molecule has 2 rings (SSSR count). The Morgan fingerprint density at radius 3 is 2.81 bits per heavy atom. The molecule has 1 aromatic rings. The van der Waals surface area contributed by atoms with Gasteiger partial charge in [0, 0.05) is 38.6 Å². The number of esters is 1. The number of ether oxygens (including phenoxy) is 1. The molecule has 26 heavy (non-hydrogen) atoms. The molecule has 1 aromatic heterocycles. The number of halogens is 1. The fourth-order valence-electron chi connectivity index (χ4n) is 3.22. The van der Waals surface area contributed by atoms with Crippen molar-refractivity contribution in [1.29, 1.82) is 0 Å². The van der Waals surface area contributed by atoms with E-state index in [-0.39, 0.29) is 41.8 Å². The molecule has 2 heterocycles. The maximum Gasteiger partial charge on any atom is 0.310 e. The number of imidazole rings is 1. The number of aliphatic imine (C=N–C) groups is 1. The number of methoxy groups -OCH3 is 1. The summed E-state index contributed by atoms with van der Waals surface area (Å²) < 4.78 is 7.08. The van der Waals surface area contributed by atoms with E-state index in [1.807, 2.05) is 19.3 Å². The van der Waals surface area contributed by atoms with Crippen molar-refractivity contribution in [2.45, 2.75) is 40.8 Å². The third kappa shape index (κ3) is 5.85. The molecule has 8 heteroatoms. The van der Waals surface area contributed by atoms with Gasteiger partial charge in [-0.05, 0) is 18.8 Å². The lowest BCUT2D eigenvalue weighted by molar-refractivity contribution is -0.145. The molecule has 0 radical (unpaired) electrons. The van der Waals surface area contributed by atoms with Gasteiger partial charge in [0.15, 0.2) is 5.96 Å². The van der Waals surface area contributed by atoms with Crippen LogP contribution in [0.15, 0.2) is 17.4 Å². The highest BCUT2D eigenvalue weighted by Gasteiger charge is 2.36. The first-order valence-electron chi connectivity index (χ1n) is 9.07. The lowest BCUT2D eigenvalue weighted by Crippen LogP contribution is -2.40. The first-order valence-corrected chi connectivity index (χ1v) is 9.07. The van der Waals surface area contributed by atoms with E-state index in [2.05, 4.69) is 40.5 Å². The molecule has 2 atom stereocenters. The number of guanidine groups is 1. The molecule has 0 saturated carbocycles. The van der Waals surface area contributed by atoms with Gasteiger partial charge in [-0.3, -0.25) is 4.79 Å². The van der Waals surface area contributed by atoms with Crippen molar-refractivity contribution in [3.8, 4) is 0 Å². The molecule has 148 valence electrons. The van der Waals surface area contributed by atoms with E-state index in [0.29, 0.717) is 19.0 Å². The average Bonchev–Trinajstić information content (AvgIpc) is 3.16. The van der Waals surface area contributed by atoms with E-state index < -0.39 is 0 Å². The molecule has 1 fully saturated rings. The second kappa shape index (κ2) is 10.7. The van der Waals surface area contributed by atoms with Gasteiger partial charge >= 0.3 is 5.97 Å². The number of hydrogen-bond acceptors (Lipinski definition) is 4. The van der Waals surface area contributed by atoms with E-state index in [4.69, 9.17) is 9.73 Å². The zero-order valence-electron chi connectivity index (χ0n) is 16.4. The molecule has 0 spiro atoms. The predicted octanol–water partition coefficient (Wildman–Crippen LogP) is 2.36. The Morgan fingerprint density at radius 2 is 2.19 bits per heavy atom. The molecule has 1 N–H and O–H groups in total. The van der Waals surface area contributed by atoms with E-state index in [0.717, 1.165) is 31.4 Å². The van der Waals surface area contributed by atoms with Gasteiger partial charge < -0.3 is 19.5 Å². The summed E-state index contributed by atoms with van der Waals surface area (Å²) in [6, 6.07) is 0. The van der Waals surface area contributed by atoms with Gasteiger partial charge in [-0.1, -0.05) is 20.8 Å². The van der Waals surface area contributed by atoms with Crippen LogP contribution < -0.4 is 5.32 Å². The number of carbonyl (C=O) groups is 1. The Morgan fingerprint density at radius 1 is 1.46 bits per heavy atom. The molecular formula is C18H32IN5O2. The smallest absolute Gasteiger partial charge is 0.310 e. The molecule has 1 saturated heterocycles. The van der Waals surface area contributed by atoms with Crippen LogP contribution in [0.5, 0.6) is 0 Å². The van der Waals surface area contributed by atoms with Crippen LogP contribution >= 0.6 is 24.0 Å². The number of rotatable bonds is 6. The average molecular weight is 477 g/mol. The second-order valence-corrected chi connectivity index (χ2v) is 7.07. The van der Waals surface area contributed by atoms with E-state index in [1.165, 1.54) is 7.11 Å². The maximum absolute atomic E-state index is 11.9. The minimum Gasteiger partial charge on any atom is -0.469 e. The minimum absolute atomic E-state index is 0. The highest BCUT2D eigenvalue weighted by molar-refractivity contribution is 14.0. The number of likely N-dealkylation sites (tertiary alicyclic amines) is 1. The van der Waals surface area contributed by atoms with Crippen LogP contribution in [0.1, 0.15) is 33.5 Å². The van der Waals surface area contributed by atoms with Crippen molar-refractivity contribution >= 4 is 35.9 Å². The summed E-state index contributed by atoms with van der Waals surface area (Å²) in [6.07, 6.45) is 3.83. The summed E-state index contributed by atoms with van der Waals surface area (Å²) >= 11 is 0. The van der Waals surface area contributed by atoms with E-state index in [9.17, 15) is 4.79 Å². The summed E-state index contributed by atoms with van der Waals surface area (Å²) in [5.74, 6) is 2.36. The Balaban J connectivity index is 0.00000338. The first kappa shape index (κ1) is 22.7. The monoisotopic (exact) mass is 477 g/mol. The number of nitrogens with one attached hydrogen (secondary N) is 1. The largest absolute Gasteiger partial charge is 0.469 e. The lowest BCUT2D eigenvalue weighted by Gasteiger charge is -2.21. The number of carbonyl (C=O) groups excluding carboxylic acids is 1. The third-order valence-corrected chi connectivity index (χ3v) is 4.48. The summed E-state index contributed by atoms with van der Waals surface area (Å²) in [5, 5.41) is 3.33. The summed E-state index contributed by atoms with van der Waals surface area (Å²) in [7, 11) is 1.45. The molecule has 0 aromatic carbocycles. The van der Waals surface area contributed by atoms with Crippen molar-refractivity contribution in [3.63, 3.8) is 0 Å². The van der Waals surface area contributed by atoms with Crippen molar-refractivity contribution < 1.29 is 9.53 Å². The van der Waals surface area contributed by atoms with Gasteiger partial charge in [0.1, 0.15) is 12.4 Å². The van der Waals surface area contributed by atoms with Crippen LogP contribution in [0.4, 0.5) is 0 Å². The first-order chi connectivity index (χ1) is 12.0. The van der Waals surface area contributed by atoms with Crippen LogP contribution in [0.3, 0.4) is 0 Å². The van der Waals surface area contributed by atoms with Crippen LogP contribution in [0.2, 0.25) is 0 Å². The fraction of sp³-hybridized carbons (Fsp3) is 0.722. The molecule has 0 bridgehead atoms. The van der Waals surface area contributed by atoms with Crippen molar-refractivity contribution in [3.05, 3.63) is 18.2 Å². The lowest BCUT2D eigenvalue weighted by atomic mass is 9.99. The van der Waals surface area contributed by atoms with E-state index in [1.54, 1.807) is 0 Å². The SMILES string of the molecule is CCNC(=NCc1nccn1CC(C)C)N1CC(C)C(C(=O)OC)C1.I. The Labute approximate surface area is 173 Å². The zero-order chi connectivity index (χ0) is 18.4. The molecular weight excluding hydrogens is 445 g/mol. The van der Waals surface area contributed by atoms with Crippen molar-refractivity contribution in [2.24, 2.45) is 22.7 Å². The molecule has 0 aliphatic carbocycles. The topological polar surface area (TPSA) is 71.8 Å². The van der Waals surface area contributed by atoms with E-state index >= 15 is 0 Å². The third-order valence-electron chi connectivity index (χ3n) is 4.48. The summed E-state index contributed by atoms with van der Waals surface area (Å²) in [6.45, 7) is 12.2. The maximum atomic E-state index is 11.9. The quantitative estimate of drug-likeness (QED) is 0.295. The zero-order valence-corrected chi connectivity index (χ0v) is 18.8. The van der Waals surface area contributed by atoms with Gasteiger partial charge in [-0.15, -0.1) is 24.0 Å². The van der Waals surface area contributed by atoms with Gasteiger partial charge in [-0.25, -0.2) is 9.98 Å². The van der Waals surface area contributed by atoms with Crippen molar-refractivity contribution in [2.75, 3.05) is 26.7 Å². The Hall–Kier alpha value is -1.32. The summed E-state index contributed by atoms with van der Waals surface area (Å²) in [4.78, 5) is 23.3. The molecule has 0 amide bonds. The van der Waals surface area contributed by atoms with Crippen LogP contribution in [-0.4, -0.2) is 53.1 Å². The Kier molecular flexibility index (Phi) is 9.38. The van der Waals surface area contributed by atoms with Crippen LogP contribution in [0.25, 0.3) is 0 Å². The molecule has 1 aliphatic heterocycles. The molecule has 7 nitrogen and oxygen atoms in total. The standard InChI is InChI=1S/C18H31N5O2.HI/c1-6-19-18(23-11-14(4)15(12-23)17(24)25-5)21-9-16-20-7-8-22(16)10-13(2)3;/h7-8,13-15H,6,9-12H2,1-5H3,(H,19,21);1H. The number of aromatic nitrogens is 2. The van der Waals surface area contributed by atoms with Gasteiger partial charge in [0.25, 0.3) is 0 Å². The number of nitrogens with zero attached hydrogens (tertiary/aromatic N) is 4. The highest BCUT2D eigenvalue weighted by Crippen LogP contribution is 2.24. The molecule has 1 aliphatic rings. The number of hydrogen-bond donors (Lipinski definition) is 1. The molecule has 2 unspecified atom stereocenters. The highest BCUT2D eigenvalue weighted by atomic mass is 127. The second-order valence-electron chi connectivity index (χ2n) is 7.07. The predicted molar refractivity (Wildman–Crippen MR) is 114 cm³/mol. The normalized spacial score (nSPS) is 20.2. The van der Waals surface area contributed by atoms with Crippen LogP contribution in [-0.2, 0) is 22.6 Å².